The number of thiophene rings is 1. The molecule has 3 N–H and O–H groups in total. The van der Waals surface area contributed by atoms with Gasteiger partial charge in [0.15, 0.2) is 0 Å². The van der Waals surface area contributed by atoms with Gasteiger partial charge in [-0.15, -0.1) is 0 Å². The van der Waals surface area contributed by atoms with E-state index in [4.69, 9.17) is 5.84 Å². The van der Waals surface area contributed by atoms with Crippen molar-refractivity contribution in [1.82, 2.24) is 5.43 Å². The van der Waals surface area contributed by atoms with E-state index in [9.17, 15) is 0 Å². The van der Waals surface area contributed by atoms with Crippen LogP contribution in [-0.4, -0.2) is 6.04 Å². The Hall–Kier alpha value is -0.380. The number of hydrogen-bond donors (Lipinski definition) is 2. The maximum atomic E-state index is 5.78. The van der Waals surface area contributed by atoms with E-state index in [2.05, 4.69) is 29.2 Å². The van der Waals surface area contributed by atoms with Crippen LogP contribution in [0.4, 0.5) is 0 Å². The molecule has 1 atom stereocenters. The lowest BCUT2D eigenvalue weighted by Gasteiger charge is -2.36. The highest BCUT2D eigenvalue weighted by Crippen LogP contribution is 2.44. The number of nitrogens with one attached hydrogen (secondary N) is 1. The summed E-state index contributed by atoms with van der Waals surface area (Å²) in [5, 5.41) is 4.39. The third-order valence-corrected chi connectivity index (χ3v) is 5.00. The zero-order chi connectivity index (χ0) is 11.4. The van der Waals surface area contributed by atoms with E-state index in [1.807, 2.05) is 0 Å². The van der Waals surface area contributed by atoms with Crippen LogP contribution in [0.3, 0.4) is 0 Å². The number of rotatable bonds is 5. The molecule has 0 bridgehead atoms. The Morgan fingerprint density at radius 2 is 2.25 bits per heavy atom. The van der Waals surface area contributed by atoms with Crippen LogP contribution in [0.2, 0.25) is 0 Å². The van der Waals surface area contributed by atoms with Crippen LogP contribution in [0.15, 0.2) is 16.8 Å². The molecule has 1 fully saturated rings. The average Bonchev–Trinajstić information content (AvgIpc) is 2.97. The van der Waals surface area contributed by atoms with Crippen LogP contribution >= 0.6 is 11.3 Å². The summed E-state index contributed by atoms with van der Waals surface area (Å²) in [5.74, 6) is 5.78. The first-order valence-corrected chi connectivity index (χ1v) is 7.22. The van der Waals surface area contributed by atoms with Gasteiger partial charge in [-0.2, -0.15) is 11.3 Å². The van der Waals surface area contributed by atoms with Gasteiger partial charge in [-0.1, -0.05) is 19.8 Å². The van der Waals surface area contributed by atoms with E-state index in [-0.39, 0.29) is 0 Å². The Balaban J connectivity index is 2.08. The summed E-state index contributed by atoms with van der Waals surface area (Å²) < 4.78 is 0. The standard InChI is InChI=1S/C13H22N2S/c1-2-13(6-3-4-7-13)12(15-14)9-11-5-8-16-10-11/h5,8,10,12,15H,2-4,6-7,9,14H2,1H3. The van der Waals surface area contributed by atoms with E-state index < -0.39 is 0 Å². The third kappa shape index (κ3) is 2.31. The van der Waals surface area contributed by atoms with Crippen molar-refractivity contribution in [2.45, 2.75) is 51.5 Å². The highest BCUT2D eigenvalue weighted by Gasteiger charge is 2.39. The molecular formula is C13H22N2S. The first kappa shape index (κ1) is 12.1. The number of nitrogens with two attached hydrogens (primary N) is 1. The number of hydrazine groups is 1. The second kappa shape index (κ2) is 5.30. The van der Waals surface area contributed by atoms with Gasteiger partial charge in [-0.05, 0) is 53.5 Å². The van der Waals surface area contributed by atoms with E-state index in [1.165, 1.54) is 37.7 Å². The Morgan fingerprint density at radius 3 is 2.75 bits per heavy atom. The fraction of sp³-hybridized carbons (Fsp3) is 0.692. The smallest absolute Gasteiger partial charge is 0.0307 e. The summed E-state index contributed by atoms with van der Waals surface area (Å²) in [6, 6.07) is 2.66. The summed E-state index contributed by atoms with van der Waals surface area (Å²) in [6.45, 7) is 2.31. The van der Waals surface area contributed by atoms with E-state index >= 15 is 0 Å². The minimum absolute atomic E-state index is 0.439. The average molecular weight is 238 g/mol. The fourth-order valence-electron chi connectivity index (χ4n) is 3.12. The van der Waals surface area contributed by atoms with Crippen molar-refractivity contribution in [3.8, 4) is 0 Å². The molecule has 1 saturated carbocycles. The van der Waals surface area contributed by atoms with E-state index in [0.29, 0.717) is 11.5 Å². The quantitative estimate of drug-likeness (QED) is 0.611. The van der Waals surface area contributed by atoms with Crippen molar-refractivity contribution < 1.29 is 0 Å². The van der Waals surface area contributed by atoms with Gasteiger partial charge in [0.05, 0.1) is 0 Å². The monoisotopic (exact) mass is 238 g/mol. The highest BCUT2D eigenvalue weighted by atomic mass is 32.1. The van der Waals surface area contributed by atoms with Gasteiger partial charge in [0.1, 0.15) is 0 Å². The Kier molecular flexibility index (Phi) is 4.00. The van der Waals surface area contributed by atoms with Gasteiger partial charge in [-0.3, -0.25) is 11.3 Å². The van der Waals surface area contributed by atoms with Gasteiger partial charge in [0.25, 0.3) is 0 Å². The second-order valence-corrected chi connectivity index (χ2v) is 5.76. The predicted molar refractivity (Wildman–Crippen MR) is 70.3 cm³/mol. The molecule has 1 aliphatic carbocycles. The van der Waals surface area contributed by atoms with Crippen molar-refractivity contribution >= 4 is 11.3 Å². The molecule has 0 spiro atoms. The molecule has 3 heteroatoms. The lowest BCUT2D eigenvalue weighted by atomic mass is 9.74. The molecule has 0 saturated heterocycles. The molecule has 2 nitrogen and oxygen atoms in total. The van der Waals surface area contributed by atoms with Gasteiger partial charge in [0, 0.05) is 6.04 Å². The van der Waals surface area contributed by atoms with Crippen LogP contribution in [0.5, 0.6) is 0 Å². The largest absolute Gasteiger partial charge is 0.271 e. The zero-order valence-electron chi connectivity index (χ0n) is 10.0. The van der Waals surface area contributed by atoms with E-state index in [1.54, 1.807) is 11.3 Å². The summed E-state index contributed by atoms with van der Waals surface area (Å²) in [4.78, 5) is 0. The molecule has 0 radical (unpaired) electrons. The van der Waals surface area contributed by atoms with Gasteiger partial charge in [0.2, 0.25) is 0 Å². The molecule has 90 valence electrons. The molecule has 1 heterocycles. The SMILES string of the molecule is CCC1(C(Cc2ccsc2)NN)CCCC1. The van der Waals surface area contributed by atoms with Crippen LogP contribution in [0.25, 0.3) is 0 Å². The second-order valence-electron chi connectivity index (χ2n) is 4.98. The molecule has 2 rings (SSSR count). The normalized spacial score (nSPS) is 21.1. The predicted octanol–water partition coefficient (Wildman–Crippen LogP) is 3.09. The molecule has 1 aromatic heterocycles. The molecular weight excluding hydrogens is 216 g/mol. The zero-order valence-corrected chi connectivity index (χ0v) is 10.9. The maximum absolute atomic E-state index is 5.78. The number of hydrogen-bond acceptors (Lipinski definition) is 3. The Morgan fingerprint density at radius 1 is 1.50 bits per heavy atom. The molecule has 1 aliphatic rings. The fourth-order valence-corrected chi connectivity index (χ4v) is 3.81. The van der Waals surface area contributed by atoms with Crippen molar-refractivity contribution in [1.29, 1.82) is 0 Å². The maximum Gasteiger partial charge on any atom is 0.0307 e. The lowest BCUT2D eigenvalue weighted by molar-refractivity contribution is 0.185. The van der Waals surface area contributed by atoms with Crippen molar-refractivity contribution in [2.75, 3.05) is 0 Å². The molecule has 0 amide bonds. The van der Waals surface area contributed by atoms with E-state index in [0.717, 1.165) is 6.42 Å². The molecule has 16 heavy (non-hydrogen) atoms. The third-order valence-electron chi connectivity index (χ3n) is 4.26. The molecule has 0 aromatic carbocycles. The minimum atomic E-state index is 0.439. The van der Waals surface area contributed by atoms with Crippen LogP contribution in [0.1, 0.15) is 44.6 Å². The Labute approximate surface area is 102 Å². The van der Waals surface area contributed by atoms with Crippen LogP contribution in [-0.2, 0) is 6.42 Å². The minimum Gasteiger partial charge on any atom is -0.271 e. The van der Waals surface area contributed by atoms with Gasteiger partial charge in [-0.25, -0.2) is 0 Å². The topological polar surface area (TPSA) is 38.0 Å². The van der Waals surface area contributed by atoms with Crippen molar-refractivity contribution in [2.24, 2.45) is 11.3 Å². The Bertz CT molecular complexity index is 302. The van der Waals surface area contributed by atoms with Crippen LogP contribution in [0, 0.1) is 5.41 Å². The summed E-state index contributed by atoms with van der Waals surface area (Å²) in [6.07, 6.45) is 7.73. The van der Waals surface area contributed by atoms with Gasteiger partial charge < -0.3 is 0 Å². The summed E-state index contributed by atoms with van der Waals surface area (Å²) in [5.41, 5.74) is 4.94. The van der Waals surface area contributed by atoms with Crippen molar-refractivity contribution in [3.05, 3.63) is 22.4 Å². The molecule has 1 aromatic rings. The molecule has 0 aliphatic heterocycles. The first-order valence-electron chi connectivity index (χ1n) is 6.28. The van der Waals surface area contributed by atoms with Gasteiger partial charge >= 0.3 is 0 Å². The first-order chi connectivity index (χ1) is 7.80. The summed E-state index contributed by atoms with van der Waals surface area (Å²) in [7, 11) is 0. The lowest BCUT2D eigenvalue weighted by Crippen LogP contribution is -2.48. The molecule has 1 unspecified atom stereocenters. The highest BCUT2D eigenvalue weighted by molar-refractivity contribution is 7.07. The summed E-state index contributed by atoms with van der Waals surface area (Å²) >= 11 is 1.77. The van der Waals surface area contributed by atoms with Crippen LogP contribution < -0.4 is 11.3 Å². The van der Waals surface area contributed by atoms with Crippen molar-refractivity contribution in [3.63, 3.8) is 0 Å².